The first-order chi connectivity index (χ1) is 9.65. The van der Waals surface area contributed by atoms with Crippen molar-refractivity contribution in [3.63, 3.8) is 0 Å². The molecule has 2 heterocycles. The first-order valence-electron chi connectivity index (χ1n) is 7.17. The second-order valence-electron chi connectivity index (χ2n) is 5.17. The minimum atomic E-state index is -0.541. The van der Waals surface area contributed by atoms with Crippen molar-refractivity contribution in [3.05, 3.63) is 0 Å². The van der Waals surface area contributed by atoms with Crippen LogP contribution in [0.4, 0.5) is 0 Å². The average Bonchev–Trinajstić information content (AvgIpc) is 2.53. The van der Waals surface area contributed by atoms with Crippen molar-refractivity contribution in [1.29, 1.82) is 0 Å². The zero-order valence-corrected chi connectivity index (χ0v) is 11.9. The fraction of sp³-hybridized carbons (Fsp3) is 0.769. The lowest BCUT2D eigenvalue weighted by Gasteiger charge is -2.36. The Bertz CT molecular complexity index is 393. The molecule has 0 bridgehead atoms. The van der Waals surface area contributed by atoms with Gasteiger partial charge in [-0.15, -0.1) is 0 Å². The summed E-state index contributed by atoms with van der Waals surface area (Å²) < 4.78 is 0. The minimum absolute atomic E-state index is 0.189. The van der Waals surface area contributed by atoms with Crippen molar-refractivity contribution in [2.75, 3.05) is 39.8 Å². The summed E-state index contributed by atoms with van der Waals surface area (Å²) in [6.45, 7) is 2.98. The minimum Gasteiger partial charge on any atom is -0.357 e. The maximum absolute atomic E-state index is 12.4. The lowest BCUT2D eigenvalue weighted by Crippen LogP contribution is -2.57. The molecule has 0 aromatic rings. The van der Waals surface area contributed by atoms with Crippen LogP contribution >= 0.6 is 0 Å². The van der Waals surface area contributed by atoms with Crippen LogP contribution in [-0.4, -0.2) is 73.3 Å². The Balaban J connectivity index is 2.04. The molecule has 0 saturated carbocycles. The zero-order chi connectivity index (χ0) is 14.5. The van der Waals surface area contributed by atoms with E-state index in [-0.39, 0.29) is 5.91 Å². The third kappa shape index (κ3) is 3.09. The molecular formula is C13H22N4O3. The molecule has 2 saturated heterocycles. The number of carbonyl (C=O) groups is 3. The molecule has 0 aromatic heterocycles. The van der Waals surface area contributed by atoms with Gasteiger partial charge in [0.2, 0.25) is 5.91 Å². The quantitative estimate of drug-likeness (QED) is 0.576. The standard InChI is InChI=1S/C13H22N4O3/c1-14-11(18)10-4-2-3-7-17(10)13(20)12(19)16-8-5-15-6-9-16/h10,15H,2-9H2,1H3,(H,14,18). The Morgan fingerprint density at radius 3 is 2.40 bits per heavy atom. The van der Waals surface area contributed by atoms with Crippen molar-refractivity contribution in [1.82, 2.24) is 20.4 Å². The van der Waals surface area contributed by atoms with E-state index >= 15 is 0 Å². The molecule has 7 nitrogen and oxygen atoms in total. The van der Waals surface area contributed by atoms with E-state index in [1.54, 1.807) is 11.9 Å². The molecule has 0 spiro atoms. The number of nitrogens with zero attached hydrogens (tertiary/aromatic N) is 2. The maximum atomic E-state index is 12.4. The number of carbonyl (C=O) groups excluding carboxylic acids is 3. The van der Waals surface area contributed by atoms with E-state index in [9.17, 15) is 14.4 Å². The number of hydrogen-bond acceptors (Lipinski definition) is 4. The Morgan fingerprint density at radius 1 is 1.05 bits per heavy atom. The van der Waals surface area contributed by atoms with Crippen LogP contribution < -0.4 is 10.6 Å². The number of nitrogens with one attached hydrogen (secondary N) is 2. The predicted molar refractivity (Wildman–Crippen MR) is 72.9 cm³/mol. The van der Waals surface area contributed by atoms with E-state index in [0.29, 0.717) is 39.1 Å². The Labute approximate surface area is 118 Å². The van der Waals surface area contributed by atoms with E-state index in [4.69, 9.17) is 0 Å². The van der Waals surface area contributed by atoms with E-state index in [1.165, 1.54) is 4.90 Å². The third-order valence-corrected chi connectivity index (χ3v) is 3.90. The molecule has 112 valence electrons. The summed E-state index contributed by atoms with van der Waals surface area (Å²) in [5.74, 6) is -1.21. The van der Waals surface area contributed by atoms with Crippen molar-refractivity contribution in [2.24, 2.45) is 0 Å². The molecule has 7 heteroatoms. The SMILES string of the molecule is CNC(=O)C1CCCCN1C(=O)C(=O)N1CCNCC1. The summed E-state index contributed by atoms with van der Waals surface area (Å²) >= 11 is 0. The zero-order valence-electron chi connectivity index (χ0n) is 11.9. The molecule has 1 atom stereocenters. The molecule has 2 aliphatic rings. The summed E-state index contributed by atoms with van der Waals surface area (Å²) in [6, 6.07) is -0.506. The van der Waals surface area contributed by atoms with Crippen LogP contribution in [0.25, 0.3) is 0 Å². The van der Waals surface area contributed by atoms with E-state index < -0.39 is 17.9 Å². The molecule has 0 radical (unpaired) electrons. The van der Waals surface area contributed by atoms with Gasteiger partial charge in [-0.1, -0.05) is 0 Å². The van der Waals surface area contributed by atoms with Crippen molar-refractivity contribution in [2.45, 2.75) is 25.3 Å². The average molecular weight is 282 g/mol. The van der Waals surface area contributed by atoms with Gasteiger partial charge < -0.3 is 20.4 Å². The van der Waals surface area contributed by atoms with Gasteiger partial charge in [-0.05, 0) is 19.3 Å². The number of piperazine rings is 1. The van der Waals surface area contributed by atoms with Crippen LogP contribution in [0.15, 0.2) is 0 Å². The molecule has 2 fully saturated rings. The largest absolute Gasteiger partial charge is 0.357 e. The lowest BCUT2D eigenvalue weighted by atomic mass is 10.0. The van der Waals surface area contributed by atoms with Gasteiger partial charge in [0.15, 0.2) is 0 Å². The van der Waals surface area contributed by atoms with Crippen LogP contribution in [0.1, 0.15) is 19.3 Å². The molecule has 0 aromatic carbocycles. The number of likely N-dealkylation sites (tertiary alicyclic amines) is 1. The van der Waals surface area contributed by atoms with Gasteiger partial charge in [-0.3, -0.25) is 14.4 Å². The Morgan fingerprint density at radius 2 is 1.75 bits per heavy atom. The lowest BCUT2D eigenvalue weighted by molar-refractivity contribution is -0.156. The molecule has 1 unspecified atom stereocenters. The van der Waals surface area contributed by atoms with Crippen LogP contribution in [0.2, 0.25) is 0 Å². The third-order valence-electron chi connectivity index (χ3n) is 3.90. The predicted octanol–water partition coefficient (Wildman–Crippen LogP) is -1.45. The van der Waals surface area contributed by atoms with Crippen LogP contribution in [0.5, 0.6) is 0 Å². The number of rotatable bonds is 1. The van der Waals surface area contributed by atoms with Crippen LogP contribution in [-0.2, 0) is 14.4 Å². The molecule has 2 rings (SSSR count). The number of likely N-dealkylation sites (N-methyl/N-ethyl adjacent to an activating group) is 1. The van der Waals surface area contributed by atoms with Crippen LogP contribution in [0, 0.1) is 0 Å². The molecule has 2 aliphatic heterocycles. The highest BCUT2D eigenvalue weighted by molar-refractivity contribution is 6.35. The van der Waals surface area contributed by atoms with Gasteiger partial charge in [0.05, 0.1) is 0 Å². The number of piperidine rings is 1. The summed E-state index contributed by atoms with van der Waals surface area (Å²) in [5.41, 5.74) is 0. The van der Waals surface area contributed by atoms with E-state index in [1.807, 2.05) is 0 Å². The van der Waals surface area contributed by atoms with E-state index in [2.05, 4.69) is 10.6 Å². The van der Waals surface area contributed by atoms with Gasteiger partial charge in [-0.2, -0.15) is 0 Å². The number of hydrogen-bond donors (Lipinski definition) is 2. The highest BCUT2D eigenvalue weighted by atomic mass is 16.2. The van der Waals surface area contributed by atoms with Gasteiger partial charge in [-0.25, -0.2) is 0 Å². The topological polar surface area (TPSA) is 81.8 Å². The van der Waals surface area contributed by atoms with Gasteiger partial charge in [0.25, 0.3) is 0 Å². The normalized spacial score (nSPS) is 23.4. The summed E-state index contributed by atoms with van der Waals surface area (Å²) in [4.78, 5) is 39.4. The second kappa shape index (κ2) is 6.69. The highest BCUT2D eigenvalue weighted by Crippen LogP contribution is 2.18. The Hall–Kier alpha value is -1.63. The second-order valence-corrected chi connectivity index (χ2v) is 5.17. The van der Waals surface area contributed by atoms with Gasteiger partial charge in [0.1, 0.15) is 6.04 Å². The van der Waals surface area contributed by atoms with Crippen LogP contribution in [0.3, 0.4) is 0 Å². The maximum Gasteiger partial charge on any atom is 0.312 e. The fourth-order valence-electron chi connectivity index (χ4n) is 2.74. The fourth-order valence-corrected chi connectivity index (χ4v) is 2.74. The summed E-state index contributed by atoms with van der Waals surface area (Å²) in [6.07, 6.45) is 2.37. The van der Waals surface area contributed by atoms with Crippen molar-refractivity contribution in [3.8, 4) is 0 Å². The summed E-state index contributed by atoms with van der Waals surface area (Å²) in [7, 11) is 1.55. The smallest absolute Gasteiger partial charge is 0.312 e. The van der Waals surface area contributed by atoms with Crippen molar-refractivity contribution >= 4 is 17.7 Å². The van der Waals surface area contributed by atoms with Gasteiger partial charge in [0, 0.05) is 39.8 Å². The van der Waals surface area contributed by atoms with E-state index in [0.717, 1.165) is 12.8 Å². The first kappa shape index (κ1) is 14.8. The molecular weight excluding hydrogens is 260 g/mol. The molecule has 2 N–H and O–H groups in total. The summed E-state index contributed by atoms with van der Waals surface area (Å²) in [5, 5.41) is 5.71. The molecule has 20 heavy (non-hydrogen) atoms. The molecule has 0 aliphatic carbocycles. The Kier molecular flexibility index (Phi) is 4.94. The molecule has 3 amide bonds. The monoisotopic (exact) mass is 282 g/mol. The van der Waals surface area contributed by atoms with Gasteiger partial charge >= 0.3 is 11.8 Å². The highest BCUT2D eigenvalue weighted by Gasteiger charge is 2.36. The first-order valence-corrected chi connectivity index (χ1v) is 7.17. The number of amides is 3. The van der Waals surface area contributed by atoms with Crippen molar-refractivity contribution < 1.29 is 14.4 Å².